The molecule has 0 aliphatic heterocycles. The fraction of sp³-hybridized carbons (Fsp3) is 0.900. The molecule has 0 saturated heterocycles. The van der Waals surface area contributed by atoms with Crippen molar-refractivity contribution in [1.29, 1.82) is 5.26 Å². The molecule has 3 N–H and O–H groups in total. The maximum atomic E-state index is 11.1. The number of hydrogen-bond donors (Lipinski definition) is 2. The smallest absolute Gasteiger partial charge is 0.225 e. The molecule has 0 heterocycles. The molecule has 0 radical (unpaired) electrons. The molecule has 0 amide bonds. The molecule has 0 aromatic rings. The van der Waals surface area contributed by atoms with E-state index in [-0.39, 0.29) is 18.7 Å². The number of sulfonamides is 1. The molecule has 0 unspecified atom stereocenters. The first-order valence-corrected chi connectivity index (χ1v) is 7.40. The van der Waals surface area contributed by atoms with Crippen molar-refractivity contribution in [2.45, 2.75) is 37.8 Å². The summed E-state index contributed by atoms with van der Waals surface area (Å²) in [5, 5.41) is 8.27. The Morgan fingerprint density at radius 1 is 1.35 bits per heavy atom. The predicted octanol–water partition coefficient (Wildman–Crippen LogP) is -0.284. The number of nitrogens with two attached hydrogens (primary N) is 1. The largest absolute Gasteiger partial charge is 0.377 e. The van der Waals surface area contributed by atoms with Gasteiger partial charge < -0.3 is 10.5 Å². The van der Waals surface area contributed by atoms with E-state index < -0.39 is 15.8 Å². The second-order valence-electron chi connectivity index (χ2n) is 4.22. The van der Waals surface area contributed by atoms with Crippen LogP contribution in [0.1, 0.15) is 25.7 Å². The highest BCUT2D eigenvalue weighted by molar-refractivity contribution is 7.89. The molecule has 0 aromatic heterocycles. The van der Waals surface area contributed by atoms with Gasteiger partial charge in [-0.05, 0) is 25.7 Å². The molecule has 0 spiro atoms. The summed E-state index contributed by atoms with van der Waals surface area (Å²) in [6.07, 6.45) is 3.99. The summed E-state index contributed by atoms with van der Waals surface area (Å²) < 4.78 is 30.1. The first kappa shape index (κ1) is 14.4. The van der Waals surface area contributed by atoms with Gasteiger partial charge in [0.15, 0.2) is 5.75 Å². The lowest BCUT2D eigenvalue weighted by Gasteiger charge is -2.26. The minimum Gasteiger partial charge on any atom is -0.377 e. The monoisotopic (exact) mass is 261 g/mol. The number of rotatable bonds is 6. The van der Waals surface area contributed by atoms with Crippen molar-refractivity contribution in [3.05, 3.63) is 0 Å². The number of ether oxygens (including phenoxy) is 1. The van der Waals surface area contributed by atoms with Crippen molar-refractivity contribution in [3.63, 3.8) is 0 Å². The third-order valence-corrected chi connectivity index (χ3v) is 3.90. The van der Waals surface area contributed by atoms with Crippen LogP contribution in [0.25, 0.3) is 0 Å². The van der Waals surface area contributed by atoms with E-state index in [4.69, 9.17) is 15.7 Å². The molecule has 17 heavy (non-hydrogen) atoms. The van der Waals surface area contributed by atoms with Crippen molar-refractivity contribution in [2.24, 2.45) is 5.73 Å². The average molecular weight is 261 g/mol. The Kier molecular flexibility index (Phi) is 5.85. The van der Waals surface area contributed by atoms with Gasteiger partial charge in [-0.2, -0.15) is 5.26 Å². The van der Waals surface area contributed by atoms with E-state index in [2.05, 4.69) is 4.72 Å². The first-order valence-electron chi connectivity index (χ1n) is 5.75. The Labute approximate surface area is 102 Å². The van der Waals surface area contributed by atoms with Crippen LogP contribution >= 0.6 is 0 Å². The van der Waals surface area contributed by atoms with E-state index in [0.717, 1.165) is 25.7 Å². The van der Waals surface area contributed by atoms with Crippen LogP contribution in [0.3, 0.4) is 0 Å². The predicted molar refractivity (Wildman–Crippen MR) is 63.6 cm³/mol. The fourth-order valence-corrected chi connectivity index (χ4v) is 2.48. The summed E-state index contributed by atoms with van der Waals surface area (Å²) in [7, 11) is -3.45. The molecule has 1 aliphatic rings. The highest BCUT2D eigenvalue weighted by Gasteiger charge is 2.18. The minimum absolute atomic E-state index is 0.190. The molecule has 6 nitrogen and oxygen atoms in total. The zero-order valence-corrected chi connectivity index (χ0v) is 10.6. The Morgan fingerprint density at radius 3 is 2.59 bits per heavy atom. The normalized spacial score (nSPS) is 25.4. The van der Waals surface area contributed by atoms with Crippen molar-refractivity contribution in [1.82, 2.24) is 4.72 Å². The van der Waals surface area contributed by atoms with Gasteiger partial charge in [-0.15, -0.1) is 0 Å². The Balaban J connectivity index is 2.11. The van der Waals surface area contributed by atoms with Crippen LogP contribution in [0.5, 0.6) is 0 Å². The van der Waals surface area contributed by atoms with Gasteiger partial charge in [-0.25, -0.2) is 13.1 Å². The van der Waals surface area contributed by atoms with Gasteiger partial charge in [0.2, 0.25) is 10.0 Å². The molecule has 0 atom stereocenters. The quantitative estimate of drug-likeness (QED) is 0.639. The van der Waals surface area contributed by atoms with Crippen molar-refractivity contribution >= 4 is 10.0 Å². The zero-order chi connectivity index (χ0) is 12.7. The SMILES string of the molecule is N#CCS(=O)(=O)NCCOC1CCC(N)CC1. The van der Waals surface area contributed by atoms with Crippen molar-refractivity contribution in [3.8, 4) is 6.07 Å². The van der Waals surface area contributed by atoms with Gasteiger partial charge >= 0.3 is 0 Å². The van der Waals surface area contributed by atoms with Gasteiger partial charge in [0, 0.05) is 12.6 Å². The first-order chi connectivity index (χ1) is 8.03. The molecule has 1 saturated carbocycles. The standard InChI is InChI=1S/C10H19N3O3S/c11-5-8-17(14,15)13-6-7-16-10-3-1-9(12)2-4-10/h9-10,13H,1-4,6-8,12H2. The number of nitriles is 1. The summed E-state index contributed by atoms with van der Waals surface area (Å²) in [4.78, 5) is 0. The molecule has 98 valence electrons. The van der Waals surface area contributed by atoms with Gasteiger partial charge in [0.05, 0.1) is 18.8 Å². The van der Waals surface area contributed by atoms with Crippen LogP contribution in [-0.2, 0) is 14.8 Å². The van der Waals surface area contributed by atoms with Crippen molar-refractivity contribution < 1.29 is 13.2 Å². The highest BCUT2D eigenvalue weighted by atomic mass is 32.2. The molecular formula is C10H19N3O3S. The van der Waals surface area contributed by atoms with Crippen LogP contribution in [0.2, 0.25) is 0 Å². The van der Waals surface area contributed by atoms with Gasteiger partial charge in [0.25, 0.3) is 0 Å². The van der Waals surface area contributed by atoms with Gasteiger partial charge in [0.1, 0.15) is 0 Å². The lowest BCUT2D eigenvalue weighted by molar-refractivity contribution is 0.0287. The van der Waals surface area contributed by atoms with E-state index in [0.29, 0.717) is 6.61 Å². The lowest BCUT2D eigenvalue weighted by Crippen LogP contribution is -2.33. The van der Waals surface area contributed by atoms with E-state index in [1.54, 1.807) is 6.07 Å². The van der Waals surface area contributed by atoms with E-state index in [1.807, 2.05) is 0 Å². The maximum absolute atomic E-state index is 11.1. The third-order valence-electron chi connectivity index (χ3n) is 2.75. The topological polar surface area (TPSA) is 105 Å². The summed E-state index contributed by atoms with van der Waals surface area (Å²) in [6.45, 7) is 0.553. The van der Waals surface area contributed by atoms with Gasteiger partial charge in [-0.3, -0.25) is 0 Å². The lowest BCUT2D eigenvalue weighted by atomic mass is 9.94. The summed E-state index contributed by atoms with van der Waals surface area (Å²) in [6, 6.07) is 1.88. The van der Waals surface area contributed by atoms with Crippen LogP contribution in [0.4, 0.5) is 0 Å². The van der Waals surface area contributed by atoms with Crippen LogP contribution in [0, 0.1) is 11.3 Å². The second-order valence-corrected chi connectivity index (χ2v) is 6.03. The summed E-state index contributed by atoms with van der Waals surface area (Å²) in [5.74, 6) is -0.509. The summed E-state index contributed by atoms with van der Waals surface area (Å²) in [5.41, 5.74) is 5.76. The van der Waals surface area contributed by atoms with Gasteiger partial charge in [-0.1, -0.05) is 0 Å². The van der Waals surface area contributed by atoms with Crippen LogP contribution in [-0.4, -0.2) is 39.5 Å². The Morgan fingerprint density at radius 2 is 2.00 bits per heavy atom. The minimum atomic E-state index is -3.45. The number of nitrogens with zero attached hydrogens (tertiary/aromatic N) is 1. The highest BCUT2D eigenvalue weighted by Crippen LogP contribution is 2.19. The molecule has 0 aromatic carbocycles. The van der Waals surface area contributed by atoms with E-state index >= 15 is 0 Å². The average Bonchev–Trinajstić information content (AvgIpc) is 2.27. The number of nitrogens with one attached hydrogen (secondary N) is 1. The van der Waals surface area contributed by atoms with Crippen LogP contribution < -0.4 is 10.5 Å². The van der Waals surface area contributed by atoms with E-state index in [9.17, 15) is 8.42 Å². The zero-order valence-electron chi connectivity index (χ0n) is 9.76. The molecule has 1 fully saturated rings. The number of hydrogen-bond acceptors (Lipinski definition) is 5. The van der Waals surface area contributed by atoms with Crippen LogP contribution in [0.15, 0.2) is 0 Å². The fourth-order valence-electron chi connectivity index (χ4n) is 1.81. The molecule has 1 rings (SSSR count). The third kappa shape index (κ3) is 5.98. The Bertz CT molecular complexity index is 355. The summed E-state index contributed by atoms with van der Waals surface area (Å²) >= 11 is 0. The van der Waals surface area contributed by atoms with E-state index in [1.165, 1.54) is 0 Å². The molecule has 7 heteroatoms. The Hall–Kier alpha value is -0.680. The van der Waals surface area contributed by atoms with Crippen molar-refractivity contribution in [2.75, 3.05) is 18.9 Å². The molecule has 0 bridgehead atoms. The second kappa shape index (κ2) is 6.91. The maximum Gasteiger partial charge on any atom is 0.225 e. The molecule has 1 aliphatic carbocycles. The molecular weight excluding hydrogens is 242 g/mol.